The van der Waals surface area contributed by atoms with Gasteiger partial charge in [0.25, 0.3) is 5.56 Å². The van der Waals surface area contributed by atoms with Crippen molar-refractivity contribution >= 4 is 75.7 Å². The minimum Gasteiger partial charge on any atom is -0.488 e. The van der Waals surface area contributed by atoms with Gasteiger partial charge < -0.3 is 4.74 Å². The van der Waals surface area contributed by atoms with Crippen molar-refractivity contribution in [2.24, 2.45) is 5.10 Å². The molecule has 5 rings (SSSR count). The van der Waals surface area contributed by atoms with Crippen LogP contribution in [0.25, 0.3) is 21.7 Å². The first-order valence-corrected chi connectivity index (χ1v) is 14.2. The highest BCUT2D eigenvalue weighted by Gasteiger charge is 2.13. The zero-order valence-corrected chi connectivity index (χ0v) is 24.7. The van der Waals surface area contributed by atoms with E-state index < -0.39 is 0 Å². The second-order valence-electron chi connectivity index (χ2n) is 8.52. The average molecular weight is 684 g/mol. The molecule has 5 nitrogen and oxygen atoms in total. The number of fused-ring (bicyclic) bond motifs is 2. The van der Waals surface area contributed by atoms with E-state index in [-0.39, 0.29) is 5.56 Å². The monoisotopic (exact) mass is 681 g/mol. The maximum absolute atomic E-state index is 13.5. The van der Waals surface area contributed by atoms with Crippen LogP contribution in [-0.2, 0) is 13.0 Å². The minimum absolute atomic E-state index is 0.201. The molecule has 0 aliphatic rings. The molecule has 0 unspecified atom stereocenters. The van der Waals surface area contributed by atoms with Crippen LogP contribution in [0.15, 0.2) is 96.1 Å². The molecule has 0 N–H and O–H groups in total. The summed E-state index contributed by atoms with van der Waals surface area (Å²) < 4.78 is 10.5. The fourth-order valence-corrected chi connectivity index (χ4v) is 5.67. The molecule has 0 fully saturated rings. The van der Waals surface area contributed by atoms with E-state index >= 15 is 0 Å². The minimum atomic E-state index is -0.201. The highest BCUT2D eigenvalue weighted by atomic mass is 79.9. The van der Waals surface area contributed by atoms with Crippen LogP contribution in [-0.4, -0.2) is 15.9 Å². The standard InChI is InChI=1S/C29H22Br3N3O2/c1-2-5-28-34-26-12-11-20(30)14-23(26)29(36)35(28)33-16-24-22-7-4-3-6-18(22)9-13-27(24)37-17-19-8-10-21(31)15-25(19)32/h3-4,6-16H,2,5,17H2,1H3. The molecule has 0 radical (unpaired) electrons. The number of rotatable bonds is 7. The lowest BCUT2D eigenvalue weighted by atomic mass is 10.0. The molecule has 4 aromatic carbocycles. The SMILES string of the molecule is CCCc1nc2ccc(Br)cc2c(=O)n1N=Cc1c(OCc2ccc(Br)cc2Br)ccc2ccccc12. The second-order valence-corrected chi connectivity index (χ2v) is 11.2. The highest BCUT2D eigenvalue weighted by molar-refractivity contribution is 9.11. The van der Waals surface area contributed by atoms with E-state index in [1.807, 2.05) is 66.7 Å². The van der Waals surface area contributed by atoms with Gasteiger partial charge in [-0.15, -0.1) is 0 Å². The van der Waals surface area contributed by atoms with Crippen LogP contribution in [0.1, 0.15) is 30.3 Å². The van der Waals surface area contributed by atoms with Crippen molar-refractivity contribution < 1.29 is 4.74 Å². The Balaban J connectivity index is 1.61. The molecule has 0 spiro atoms. The second kappa shape index (κ2) is 11.3. The Hall–Kier alpha value is -2.81. The maximum atomic E-state index is 13.5. The highest BCUT2D eigenvalue weighted by Crippen LogP contribution is 2.29. The van der Waals surface area contributed by atoms with E-state index in [4.69, 9.17) is 9.72 Å². The molecule has 0 saturated carbocycles. The van der Waals surface area contributed by atoms with Gasteiger partial charge in [-0.2, -0.15) is 9.78 Å². The summed E-state index contributed by atoms with van der Waals surface area (Å²) in [6.45, 7) is 2.43. The summed E-state index contributed by atoms with van der Waals surface area (Å²) in [5.74, 6) is 1.30. The first kappa shape index (κ1) is 25.8. The van der Waals surface area contributed by atoms with Crippen molar-refractivity contribution in [1.82, 2.24) is 9.66 Å². The van der Waals surface area contributed by atoms with Crippen LogP contribution in [0, 0.1) is 0 Å². The van der Waals surface area contributed by atoms with Crippen molar-refractivity contribution in [3.8, 4) is 5.75 Å². The summed E-state index contributed by atoms with van der Waals surface area (Å²) >= 11 is 10.6. The molecule has 37 heavy (non-hydrogen) atoms. The Morgan fingerprint density at radius 3 is 2.54 bits per heavy atom. The molecule has 0 saturated heterocycles. The molecule has 1 aromatic heterocycles. The number of ether oxygens (including phenoxy) is 1. The number of halogens is 3. The van der Waals surface area contributed by atoms with E-state index in [0.717, 1.165) is 41.7 Å². The molecule has 0 bridgehead atoms. The number of benzene rings is 4. The molecule has 8 heteroatoms. The van der Waals surface area contributed by atoms with Gasteiger partial charge in [-0.25, -0.2) is 4.98 Å². The lowest BCUT2D eigenvalue weighted by molar-refractivity contribution is 0.305. The molecule has 5 aromatic rings. The van der Waals surface area contributed by atoms with E-state index in [0.29, 0.717) is 35.5 Å². The van der Waals surface area contributed by atoms with Crippen LogP contribution in [0.4, 0.5) is 0 Å². The molecule has 1 heterocycles. The molecule has 0 aliphatic heterocycles. The van der Waals surface area contributed by atoms with Crippen LogP contribution in [0.2, 0.25) is 0 Å². The maximum Gasteiger partial charge on any atom is 0.282 e. The molecular formula is C29H22Br3N3O2. The van der Waals surface area contributed by atoms with Crippen molar-refractivity contribution in [3.63, 3.8) is 0 Å². The zero-order chi connectivity index (χ0) is 25.9. The summed E-state index contributed by atoms with van der Waals surface area (Å²) in [5, 5.41) is 7.23. The normalized spacial score (nSPS) is 11.6. The third kappa shape index (κ3) is 5.56. The van der Waals surface area contributed by atoms with Crippen molar-refractivity contribution in [2.45, 2.75) is 26.4 Å². The van der Waals surface area contributed by atoms with Gasteiger partial charge in [-0.1, -0.05) is 91.1 Å². The summed E-state index contributed by atoms with van der Waals surface area (Å²) in [7, 11) is 0. The predicted octanol–water partition coefficient (Wildman–Crippen LogP) is 8.25. The van der Waals surface area contributed by atoms with Crippen molar-refractivity contribution in [3.05, 3.63) is 114 Å². The number of nitrogens with zero attached hydrogens (tertiary/aromatic N) is 3. The largest absolute Gasteiger partial charge is 0.488 e. The van der Waals surface area contributed by atoms with Gasteiger partial charge in [0.15, 0.2) is 0 Å². The van der Waals surface area contributed by atoms with Gasteiger partial charge in [-0.3, -0.25) is 4.79 Å². The number of hydrogen-bond donors (Lipinski definition) is 0. The van der Waals surface area contributed by atoms with Gasteiger partial charge in [0, 0.05) is 31.0 Å². The van der Waals surface area contributed by atoms with Gasteiger partial charge in [0.05, 0.1) is 17.1 Å². The Morgan fingerprint density at radius 1 is 0.946 bits per heavy atom. The van der Waals surface area contributed by atoms with Crippen LogP contribution >= 0.6 is 47.8 Å². The smallest absolute Gasteiger partial charge is 0.282 e. The van der Waals surface area contributed by atoms with E-state index in [1.165, 1.54) is 4.68 Å². The van der Waals surface area contributed by atoms with Crippen LogP contribution in [0.5, 0.6) is 5.75 Å². The Kier molecular flexibility index (Phi) is 7.88. The fraction of sp³-hybridized carbons (Fsp3) is 0.138. The summed E-state index contributed by atoms with van der Waals surface area (Å²) in [4.78, 5) is 18.2. The summed E-state index contributed by atoms with van der Waals surface area (Å²) in [6.07, 6.45) is 3.18. The summed E-state index contributed by atoms with van der Waals surface area (Å²) in [5.41, 5.74) is 2.28. The molecule has 0 aliphatic carbocycles. The van der Waals surface area contributed by atoms with Crippen LogP contribution in [0.3, 0.4) is 0 Å². The Bertz CT molecular complexity index is 1710. The van der Waals surface area contributed by atoms with E-state index in [2.05, 4.69) is 59.8 Å². The predicted molar refractivity (Wildman–Crippen MR) is 161 cm³/mol. The van der Waals surface area contributed by atoms with E-state index in [1.54, 1.807) is 12.3 Å². The van der Waals surface area contributed by atoms with Gasteiger partial charge in [0.1, 0.15) is 18.2 Å². The zero-order valence-electron chi connectivity index (χ0n) is 19.9. The quantitative estimate of drug-likeness (QED) is 0.162. The van der Waals surface area contributed by atoms with Crippen LogP contribution < -0.4 is 10.3 Å². The van der Waals surface area contributed by atoms with Gasteiger partial charge in [0.2, 0.25) is 0 Å². The molecule has 0 atom stereocenters. The summed E-state index contributed by atoms with van der Waals surface area (Å²) in [6, 6.07) is 23.6. The lowest BCUT2D eigenvalue weighted by Crippen LogP contribution is -2.22. The third-order valence-electron chi connectivity index (χ3n) is 5.98. The number of aryl methyl sites for hydroxylation is 1. The topological polar surface area (TPSA) is 56.5 Å². The number of aromatic nitrogens is 2. The van der Waals surface area contributed by atoms with Gasteiger partial charge in [-0.05, 0) is 53.6 Å². The van der Waals surface area contributed by atoms with Crippen molar-refractivity contribution in [1.29, 1.82) is 0 Å². The Morgan fingerprint density at radius 2 is 1.73 bits per heavy atom. The lowest BCUT2D eigenvalue weighted by Gasteiger charge is -2.13. The number of hydrogen-bond acceptors (Lipinski definition) is 4. The first-order chi connectivity index (χ1) is 17.9. The van der Waals surface area contributed by atoms with Crippen molar-refractivity contribution in [2.75, 3.05) is 0 Å². The fourth-order valence-electron chi connectivity index (χ4n) is 4.14. The Labute approximate surface area is 239 Å². The third-order valence-corrected chi connectivity index (χ3v) is 7.70. The molecular weight excluding hydrogens is 662 g/mol. The molecule has 0 amide bonds. The molecule has 186 valence electrons. The van der Waals surface area contributed by atoms with Gasteiger partial charge >= 0.3 is 0 Å². The first-order valence-electron chi connectivity index (χ1n) is 11.8. The van der Waals surface area contributed by atoms with E-state index in [9.17, 15) is 4.79 Å². The average Bonchev–Trinajstić information content (AvgIpc) is 2.89.